The number of hydrogen-bond acceptors (Lipinski definition) is 7. The van der Waals surface area contributed by atoms with E-state index < -0.39 is 6.09 Å². The quantitative estimate of drug-likeness (QED) is 0.477. The van der Waals surface area contributed by atoms with Gasteiger partial charge >= 0.3 is 6.09 Å². The number of alkyl carbamates (subject to hydrolysis) is 1. The average Bonchev–Trinajstić information content (AvgIpc) is 3.47. The summed E-state index contributed by atoms with van der Waals surface area (Å²) in [5.74, 6) is -0.0854. The van der Waals surface area contributed by atoms with Crippen LogP contribution in [0.1, 0.15) is 32.9 Å². The summed E-state index contributed by atoms with van der Waals surface area (Å²) < 4.78 is 5.40. The van der Waals surface area contributed by atoms with Gasteiger partial charge in [0.15, 0.2) is 0 Å². The highest BCUT2D eigenvalue weighted by Crippen LogP contribution is 2.39. The molecule has 4 rings (SSSR count). The number of rotatable bonds is 7. The second-order valence-corrected chi connectivity index (χ2v) is 9.66. The molecule has 1 atom stereocenters. The van der Waals surface area contributed by atoms with E-state index in [1.807, 2.05) is 29.6 Å². The molecule has 1 aliphatic rings. The molecule has 168 valence electrons. The van der Waals surface area contributed by atoms with Crippen molar-refractivity contribution in [1.82, 2.24) is 10.3 Å². The molecule has 0 bridgehead atoms. The summed E-state index contributed by atoms with van der Waals surface area (Å²) in [4.78, 5) is 30.4. The summed E-state index contributed by atoms with van der Waals surface area (Å²) in [5, 5.41) is 17.8. The first-order valence-electron chi connectivity index (χ1n) is 10.5. The first kappa shape index (κ1) is 22.7. The van der Waals surface area contributed by atoms with Crippen molar-refractivity contribution in [2.45, 2.75) is 25.8 Å². The number of fused-ring (bicyclic) bond motifs is 1. The zero-order valence-electron chi connectivity index (χ0n) is 17.7. The Labute approximate surface area is 199 Å². The molecule has 0 fully saturated rings. The van der Waals surface area contributed by atoms with Crippen LogP contribution < -0.4 is 10.6 Å². The summed E-state index contributed by atoms with van der Waals surface area (Å²) in [6.07, 6.45) is 8.41. The van der Waals surface area contributed by atoms with Gasteiger partial charge in [0.25, 0.3) is 0 Å². The number of amides is 2. The molecule has 9 heteroatoms. The fourth-order valence-electron chi connectivity index (χ4n) is 3.62. The lowest BCUT2D eigenvalue weighted by Gasteiger charge is -2.21. The summed E-state index contributed by atoms with van der Waals surface area (Å²) in [5.41, 5.74) is 2.44. The normalized spacial score (nSPS) is 14.9. The number of carbonyl (C=O) groups is 2. The van der Waals surface area contributed by atoms with Crippen molar-refractivity contribution in [3.8, 4) is 6.07 Å². The summed E-state index contributed by atoms with van der Waals surface area (Å²) in [6, 6.07) is 9.80. The Morgan fingerprint density at radius 1 is 1.33 bits per heavy atom. The zero-order chi connectivity index (χ0) is 23.0. The number of nitrogens with zero attached hydrogens (tertiary/aromatic N) is 2. The Bertz CT molecular complexity index is 1180. The van der Waals surface area contributed by atoms with Crippen molar-refractivity contribution >= 4 is 45.8 Å². The van der Waals surface area contributed by atoms with Crippen LogP contribution in [-0.2, 0) is 28.9 Å². The van der Waals surface area contributed by atoms with E-state index in [1.165, 1.54) is 17.4 Å². The van der Waals surface area contributed by atoms with Crippen LogP contribution in [0.3, 0.4) is 0 Å². The lowest BCUT2D eigenvalue weighted by Crippen LogP contribution is -2.27. The maximum Gasteiger partial charge on any atom is 0.407 e. The van der Waals surface area contributed by atoms with Crippen LogP contribution in [0.25, 0.3) is 6.08 Å². The standard InChI is InChI=1S/C24H22N4O3S2/c25-12-20-19-7-5-16(15-31-24(30)27-14-17-3-1-9-26-13-17)11-21(19)33-23(20)28-22(29)8-6-18-4-2-10-32-18/h1-4,6,8-10,13,16H,5,7,11,14-15H2,(H,27,30)(H,28,29)/b8-6+. The van der Waals surface area contributed by atoms with Gasteiger partial charge in [0.1, 0.15) is 11.1 Å². The van der Waals surface area contributed by atoms with E-state index in [1.54, 1.807) is 29.8 Å². The van der Waals surface area contributed by atoms with Crippen molar-refractivity contribution in [3.63, 3.8) is 0 Å². The third kappa shape index (κ3) is 6.06. The molecule has 3 aromatic rings. The highest BCUT2D eigenvalue weighted by Gasteiger charge is 2.27. The number of nitrogens with one attached hydrogen (secondary N) is 2. The number of nitriles is 1. The lowest BCUT2D eigenvalue weighted by atomic mass is 9.88. The van der Waals surface area contributed by atoms with E-state index in [-0.39, 0.29) is 11.8 Å². The Morgan fingerprint density at radius 2 is 2.24 bits per heavy atom. The van der Waals surface area contributed by atoms with Gasteiger partial charge in [0, 0.05) is 34.8 Å². The molecular weight excluding hydrogens is 456 g/mol. The van der Waals surface area contributed by atoms with Gasteiger partial charge in [-0.15, -0.1) is 22.7 Å². The van der Waals surface area contributed by atoms with E-state index in [0.29, 0.717) is 30.1 Å². The number of anilines is 1. The SMILES string of the molecule is N#Cc1c(NC(=O)/C=C/c2cccs2)sc2c1CCC(COC(=O)NCc1cccnc1)C2. The van der Waals surface area contributed by atoms with E-state index >= 15 is 0 Å². The van der Waals surface area contributed by atoms with Crippen LogP contribution >= 0.6 is 22.7 Å². The van der Waals surface area contributed by atoms with Gasteiger partial charge in [-0.2, -0.15) is 5.26 Å². The van der Waals surface area contributed by atoms with E-state index in [4.69, 9.17) is 4.74 Å². The van der Waals surface area contributed by atoms with Gasteiger partial charge < -0.3 is 15.4 Å². The molecule has 0 spiro atoms. The van der Waals surface area contributed by atoms with Crippen LogP contribution in [0.2, 0.25) is 0 Å². The third-order valence-electron chi connectivity index (χ3n) is 5.27. The Morgan fingerprint density at radius 3 is 3.00 bits per heavy atom. The summed E-state index contributed by atoms with van der Waals surface area (Å²) in [6.45, 7) is 0.672. The molecule has 7 nitrogen and oxygen atoms in total. The third-order valence-corrected chi connectivity index (χ3v) is 7.28. The van der Waals surface area contributed by atoms with Crippen molar-refractivity contribution in [1.29, 1.82) is 5.26 Å². The molecule has 0 aliphatic heterocycles. The Balaban J connectivity index is 1.31. The molecule has 33 heavy (non-hydrogen) atoms. The number of pyridine rings is 1. The molecule has 2 amide bonds. The minimum atomic E-state index is -0.459. The summed E-state index contributed by atoms with van der Waals surface area (Å²) in [7, 11) is 0. The second-order valence-electron chi connectivity index (χ2n) is 7.58. The van der Waals surface area contributed by atoms with E-state index in [2.05, 4.69) is 21.7 Å². The van der Waals surface area contributed by atoms with E-state index in [0.717, 1.165) is 33.7 Å². The number of hydrogen-bond donors (Lipinski definition) is 2. The predicted molar refractivity (Wildman–Crippen MR) is 129 cm³/mol. The molecule has 0 radical (unpaired) electrons. The van der Waals surface area contributed by atoms with E-state index in [9.17, 15) is 14.9 Å². The van der Waals surface area contributed by atoms with Gasteiger partial charge in [0.05, 0.1) is 12.2 Å². The molecule has 1 unspecified atom stereocenters. The molecule has 0 aromatic carbocycles. The first-order chi connectivity index (χ1) is 16.1. The molecule has 0 saturated carbocycles. The van der Waals surface area contributed by atoms with Crippen LogP contribution in [0.4, 0.5) is 9.80 Å². The molecule has 2 N–H and O–H groups in total. The average molecular weight is 479 g/mol. The van der Waals surface area contributed by atoms with Gasteiger partial charge in [0.2, 0.25) is 5.91 Å². The summed E-state index contributed by atoms with van der Waals surface area (Å²) >= 11 is 2.98. The van der Waals surface area contributed by atoms with Crippen LogP contribution in [-0.4, -0.2) is 23.6 Å². The molecule has 0 saturated heterocycles. The van der Waals surface area contributed by atoms with Crippen molar-refractivity contribution in [2.75, 3.05) is 11.9 Å². The second kappa shape index (κ2) is 10.9. The largest absolute Gasteiger partial charge is 0.449 e. The highest BCUT2D eigenvalue weighted by atomic mass is 32.1. The molecule has 1 aliphatic carbocycles. The predicted octanol–water partition coefficient (Wildman–Crippen LogP) is 4.76. The molecular formula is C24H22N4O3S2. The zero-order valence-corrected chi connectivity index (χ0v) is 19.4. The maximum absolute atomic E-state index is 12.3. The van der Waals surface area contributed by atoms with Gasteiger partial charge in [-0.3, -0.25) is 9.78 Å². The Hall–Kier alpha value is -3.48. The van der Waals surface area contributed by atoms with Gasteiger partial charge in [-0.1, -0.05) is 12.1 Å². The smallest absolute Gasteiger partial charge is 0.407 e. The number of carbonyl (C=O) groups excluding carboxylic acids is 2. The van der Waals surface area contributed by atoms with Gasteiger partial charge in [-0.25, -0.2) is 4.79 Å². The lowest BCUT2D eigenvalue weighted by molar-refractivity contribution is -0.111. The fraction of sp³-hybridized carbons (Fsp3) is 0.250. The molecule has 3 heterocycles. The maximum atomic E-state index is 12.3. The minimum absolute atomic E-state index is 0.175. The molecule has 3 aromatic heterocycles. The van der Waals surface area contributed by atoms with Crippen molar-refractivity contribution in [2.24, 2.45) is 5.92 Å². The minimum Gasteiger partial charge on any atom is -0.449 e. The monoisotopic (exact) mass is 478 g/mol. The van der Waals surface area contributed by atoms with Crippen LogP contribution in [0, 0.1) is 17.2 Å². The first-order valence-corrected chi connectivity index (χ1v) is 12.2. The highest BCUT2D eigenvalue weighted by molar-refractivity contribution is 7.16. The number of ether oxygens (including phenoxy) is 1. The fourth-order valence-corrected chi connectivity index (χ4v) is 5.56. The topological polar surface area (TPSA) is 104 Å². The number of aromatic nitrogens is 1. The van der Waals surface area contributed by atoms with Crippen molar-refractivity contribution < 1.29 is 14.3 Å². The van der Waals surface area contributed by atoms with Gasteiger partial charge in [-0.05, 0) is 59.9 Å². The van der Waals surface area contributed by atoms with Crippen LogP contribution in [0.5, 0.6) is 0 Å². The Kier molecular flexibility index (Phi) is 7.50. The van der Waals surface area contributed by atoms with Crippen molar-refractivity contribution in [3.05, 3.63) is 74.6 Å². The van der Waals surface area contributed by atoms with Crippen LogP contribution in [0.15, 0.2) is 48.1 Å². The number of thiophene rings is 2.